The number of para-hydroxylation sites is 1. The summed E-state index contributed by atoms with van der Waals surface area (Å²) in [4.78, 5) is 112. The number of hydrogen-bond donors (Lipinski definition) is 3. The van der Waals surface area contributed by atoms with E-state index in [9.17, 15) is 23.6 Å². The highest BCUT2D eigenvalue weighted by atomic mass is 19.1. The van der Waals surface area contributed by atoms with Crippen LogP contribution in [0.5, 0.6) is 0 Å². The van der Waals surface area contributed by atoms with Crippen LogP contribution >= 0.6 is 0 Å². The summed E-state index contributed by atoms with van der Waals surface area (Å²) in [5, 5.41) is 8.30. The Labute approximate surface area is 518 Å². The molecule has 3 saturated heterocycles. The number of piperazine rings is 1. The lowest BCUT2D eigenvalue weighted by molar-refractivity contribution is -0.144. The molecule has 0 spiro atoms. The quantitative estimate of drug-likeness (QED) is 0.103. The number of fused-ring (bicyclic) bond motifs is 2. The summed E-state index contributed by atoms with van der Waals surface area (Å²) in [6.07, 6.45) is -0.119. The van der Waals surface area contributed by atoms with Gasteiger partial charge in [0.1, 0.15) is 52.5 Å². The van der Waals surface area contributed by atoms with E-state index in [-0.39, 0.29) is 73.9 Å². The van der Waals surface area contributed by atoms with Crippen LogP contribution in [0.2, 0.25) is 0 Å². The van der Waals surface area contributed by atoms with Crippen LogP contribution in [-0.2, 0) is 61.3 Å². The Bertz CT molecular complexity index is 3300. The van der Waals surface area contributed by atoms with Gasteiger partial charge in [0.05, 0.1) is 25.2 Å². The molecule has 5 heterocycles. The van der Waals surface area contributed by atoms with Gasteiger partial charge in [0.15, 0.2) is 0 Å². The van der Waals surface area contributed by atoms with Crippen molar-refractivity contribution in [3.8, 4) is 0 Å². The lowest BCUT2D eigenvalue weighted by atomic mass is 9.82. The summed E-state index contributed by atoms with van der Waals surface area (Å²) in [6.45, 7) is 20.9. The molecule has 0 radical (unpaired) electrons. The highest BCUT2D eigenvalue weighted by molar-refractivity contribution is 6.07. The molecule has 480 valence electrons. The zero-order chi connectivity index (χ0) is 64.4. The Morgan fingerprint density at radius 1 is 0.775 bits per heavy atom. The maximum Gasteiger partial charge on any atom is 0.410 e. The molecule has 0 aliphatic carbocycles. The van der Waals surface area contributed by atoms with Crippen molar-refractivity contribution in [2.24, 2.45) is 5.92 Å². The highest BCUT2D eigenvalue weighted by Gasteiger charge is 2.49. The SMILES string of the molecule is C[C@@H]1COCCN1C[C@H]1CN(C(=O)OC(C)(C)C)[C@H](C)CN1CC(=O)N1C[C@@](C)(C(=O)Nc2ccc3c(c2)[C@@H](C(=O)Nc2c(F)cccc2F)N(C(=O)[C@@H](NC(=O)[C@H](C)N(C)C(=O)OC(C)(C)C)C2CCOCC2)C3)c2ccc(Cc3ccc(F)cc3)cc21. The number of benzene rings is 4. The van der Waals surface area contributed by atoms with E-state index in [4.69, 9.17) is 18.9 Å². The number of nitrogens with zero attached hydrogens (tertiary/aromatic N) is 6. The highest BCUT2D eigenvalue weighted by Crippen LogP contribution is 2.44. The third kappa shape index (κ3) is 15.2. The van der Waals surface area contributed by atoms with Crippen molar-refractivity contribution >= 4 is 58.8 Å². The minimum Gasteiger partial charge on any atom is -0.444 e. The number of hydrogen-bond acceptors (Lipinski definition) is 13. The lowest BCUT2D eigenvalue weighted by Gasteiger charge is -2.47. The monoisotopic (exact) mass is 1240 g/mol. The first-order valence-electron chi connectivity index (χ1n) is 30.6. The van der Waals surface area contributed by atoms with E-state index in [0.717, 1.165) is 34.2 Å². The molecule has 20 nitrogen and oxygen atoms in total. The lowest BCUT2D eigenvalue weighted by Crippen LogP contribution is -2.64. The Kier molecular flexibility index (Phi) is 19.9. The van der Waals surface area contributed by atoms with E-state index in [1.807, 2.05) is 45.9 Å². The molecule has 3 fully saturated rings. The fourth-order valence-corrected chi connectivity index (χ4v) is 12.4. The molecule has 7 amide bonds. The number of amides is 7. The van der Waals surface area contributed by atoms with Gasteiger partial charge in [-0.05, 0) is 165 Å². The van der Waals surface area contributed by atoms with Crippen LogP contribution in [0.15, 0.2) is 78.9 Å². The number of carbonyl (C=O) groups is 7. The van der Waals surface area contributed by atoms with E-state index >= 15 is 23.2 Å². The van der Waals surface area contributed by atoms with Crippen LogP contribution in [0.25, 0.3) is 0 Å². The van der Waals surface area contributed by atoms with E-state index in [2.05, 4.69) is 32.7 Å². The molecule has 0 bridgehead atoms. The first-order chi connectivity index (χ1) is 42.0. The fraction of sp³-hybridized carbons (Fsp3) is 0.530. The zero-order valence-electron chi connectivity index (χ0n) is 52.8. The van der Waals surface area contributed by atoms with Gasteiger partial charge in [-0.25, -0.2) is 22.8 Å². The molecule has 0 aromatic heterocycles. The Morgan fingerprint density at radius 3 is 2.11 bits per heavy atom. The number of likely N-dealkylation sites (N-methyl/N-ethyl adjacent to an activating group) is 1. The van der Waals surface area contributed by atoms with Crippen LogP contribution in [0, 0.1) is 23.4 Å². The molecular formula is C66H84F3N9O11. The molecule has 23 heteroatoms. The largest absolute Gasteiger partial charge is 0.444 e. The number of rotatable bonds is 15. The minimum absolute atomic E-state index is 0.0588. The van der Waals surface area contributed by atoms with E-state index in [0.29, 0.717) is 75.5 Å². The minimum atomic E-state index is -1.56. The summed E-state index contributed by atoms with van der Waals surface area (Å²) >= 11 is 0. The number of ether oxygens (including phenoxy) is 4. The molecule has 0 unspecified atom stereocenters. The second-order valence-corrected chi connectivity index (χ2v) is 26.5. The van der Waals surface area contributed by atoms with Crippen LogP contribution in [0.4, 0.5) is 39.8 Å². The van der Waals surface area contributed by atoms with Crippen molar-refractivity contribution in [3.05, 3.63) is 124 Å². The first-order valence-corrected chi connectivity index (χ1v) is 30.6. The third-order valence-electron chi connectivity index (χ3n) is 17.5. The second kappa shape index (κ2) is 26.8. The average molecular weight is 1240 g/mol. The molecular weight excluding hydrogens is 1150 g/mol. The van der Waals surface area contributed by atoms with Gasteiger partial charge >= 0.3 is 12.2 Å². The van der Waals surface area contributed by atoms with Crippen molar-refractivity contribution in [1.29, 1.82) is 0 Å². The van der Waals surface area contributed by atoms with Gasteiger partial charge in [-0.3, -0.25) is 38.7 Å². The van der Waals surface area contributed by atoms with E-state index < -0.39 is 93.8 Å². The smallest absolute Gasteiger partial charge is 0.410 e. The summed E-state index contributed by atoms with van der Waals surface area (Å²) in [7, 11) is 1.40. The van der Waals surface area contributed by atoms with Crippen molar-refractivity contribution < 1.29 is 65.7 Å². The molecule has 5 aliphatic heterocycles. The topological polar surface area (TPSA) is 212 Å². The second-order valence-electron chi connectivity index (χ2n) is 26.5. The number of anilines is 3. The maximum atomic E-state index is 15.4. The maximum absolute atomic E-state index is 15.4. The number of nitrogens with one attached hydrogen (secondary N) is 3. The van der Waals surface area contributed by atoms with Crippen LogP contribution in [0.1, 0.15) is 116 Å². The van der Waals surface area contributed by atoms with E-state index in [1.54, 1.807) is 61.8 Å². The molecule has 0 saturated carbocycles. The van der Waals surface area contributed by atoms with Gasteiger partial charge in [0.25, 0.3) is 5.91 Å². The van der Waals surface area contributed by atoms with Crippen molar-refractivity contribution in [1.82, 2.24) is 29.8 Å². The van der Waals surface area contributed by atoms with E-state index in [1.165, 1.54) is 37.1 Å². The van der Waals surface area contributed by atoms with Crippen LogP contribution < -0.4 is 20.9 Å². The third-order valence-corrected chi connectivity index (χ3v) is 17.5. The van der Waals surface area contributed by atoms with Gasteiger partial charge in [-0.1, -0.05) is 36.4 Å². The predicted octanol–water partition coefficient (Wildman–Crippen LogP) is 8.16. The molecule has 4 aromatic rings. The summed E-state index contributed by atoms with van der Waals surface area (Å²) in [5.41, 5.74) is -0.195. The van der Waals surface area contributed by atoms with Crippen molar-refractivity contribution in [3.63, 3.8) is 0 Å². The van der Waals surface area contributed by atoms with Crippen LogP contribution in [-0.4, -0.2) is 180 Å². The van der Waals surface area contributed by atoms with Crippen molar-refractivity contribution in [2.75, 3.05) is 88.3 Å². The van der Waals surface area contributed by atoms with Gasteiger partial charge < -0.3 is 49.6 Å². The van der Waals surface area contributed by atoms with Gasteiger partial charge in [0, 0.05) is 89.0 Å². The van der Waals surface area contributed by atoms with Crippen LogP contribution in [0.3, 0.4) is 0 Å². The molecule has 3 N–H and O–H groups in total. The Balaban J connectivity index is 1.02. The Morgan fingerprint density at radius 2 is 1.45 bits per heavy atom. The van der Waals surface area contributed by atoms with Gasteiger partial charge in [-0.15, -0.1) is 0 Å². The van der Waals surface area contributed by atoms with Gasteiger partial charge in [0.2, 0.25) is 23.6 Å². The Hall–Kier alpha value is -7.60. The number of halogens is 3. The number of morpholine rings is 1. The fourth-order valence-electron chi connectivity index (χ4n) is 12.4. The summed E-state index contributed by atoms with van der Waals surface area (Å²) in [5.74, 6) is -6.17. The molecule has 4 aromatic carbocycles. The summed E-state index contributed by atoms with van der Waals surface area (Å²) < 4.78 is 67.5. The molecule has 89 heavy (non-hydrogen) atoms. The first kappa shape index (κ1) is 65.8. The normalized spacial score (nSPS) is 22.3. The zero-order valence-corrected chi connectivity index (χ0v) is 52.8. The summed E-state index contributed by atoms with van der Waals surface area (Å²) in [6, 6.07) is 15.1. The molecule has 9 rings (SSSR count). The predicted molar refractivity (Wildman–Crippen MR) is 327 cm³/mol. The molecule has 5 aliphatic rings. The number of carbonyl (C=O) groups excluding carboxylic acids is 7. The average Bonchev–Trinajstić information content (AvgIpc) is 1.64. The standard InChI is InChI=1S/C66H84F3N9O11/c1-39-32-75(48(34-74-25-28-87-37-40(74)2)35-76(39)63(85)89-65(7,8)9)36-54(79)78-38-66(10,50-22-17-43(30-53(50)78)29-42-15-19-46(67)20-16-42)61(83)70-47-21-18-45-33-77(57(49(45)31-47)59(81)72-56-51(68)13-12-14-52(56)69)60(82)55(44-23-26-86-27-24-44)71-58(80)41(3)73(11)62(84)88-64(4,5)6/h12-22,30-31,39-41,44,48,55,57H,23-29,32-38H2,1-11H3,(H,70,83)(H,71,80)(H,72,81)/t39-,40-,41+,48+,55+,57+,66-/m1/s1. The van der Waals surface area contributed by atoms with Gasteiger partial charge in [-0.2, -0.15) is 0 Å². The molecule has 7 atom stereocenters. The van der Waals surface area contributed by atoms with Crippen molar-refractivity contribution in [2.45, 2.75) is 148 Å².